The third-order valence-corrected chi connectivity index (χ3v) is 3.78. The molecule has 0 spiro atoms. The van der Waals surface area contributed by atoms with Crippen LogP contribution in [0.2, 0.25) is 0 Å². The summed E-state index contributed by atoms with van der Waals surface area (Å²) >= 11 is 0. The molecule has 0 N–H and O–H groups in total. The third kappa shape index (κ3) is 3.49. The van der Waals surface area contributed by atoms with E-state index in [1.807, 2.05) is 31.2 Å². The van der Waals surface area contributed by atoms with E-state index in [1.165, 1.54) is 12.1 Å². The molecule has 24 heavy (non-hydrogen) atoms. The van der Waals surface area contributed by atoms with Crippen LogP contribution in [0.25, 0.3) is 0 Å². The summed E-state index contributed by atoms with van der Waals surface area (Å²) in [5.74, 6) is 0.0582. The summed E-state index contributed by atoms with van der Waals surface area (Å²) in [6.07, 6.45) is 1.64. The Kier molecular flexibility index (Phi) is 4.66. The summed E-state index contributed by atoms with van der Waals surface area (Å²) in [6, 6.07) is 19.1. The number of rotatable bonds is 4. The molecule has 3 nitrogen and oxygen atoms in total. The molecule has 1 aromatic heterocycles. The first-order valence-corrected chi connectivity index (χ1v) is 7.68. The number of halogens is 1. The van der Waals surface area contributed by atoms with Crippen LogP contribution in [0.1, 0.15) is 21.5 Å². The van der Waals surface area contributed by atoms with Gasteiger partial charge in [0.05, 0.1) is 6.54 Å². The lowest BCUT2D eigenvalue weighted by atomic mass is 10.1. The van der Waals surface area contributed by atoms with Gasteiger partial charge in [-0.3, -0.25) is 9.69 Å². The van der Waals surface area contributed by atoms with Crippen molar-refractivity contribution < 1.29 is 9.18 Å². The molecule has 120 valence electrons. The number of carbonyl (C=O) groups is 1. The van der Waals surface area contributed by atoms with E-state index in [1.54, 1.807) is 41.4 Å². The number of benzene rings is 2. The van der Waals surface area contributed by atoms with Crippen molar-refractivity contribution in [3.05, 3.63) is 95.4 Å². The van der Waals surface area contributed by atoms with Crippen LogP contribution in [0.5, 0.6) is 0 Å². The predicted octanol–water partition coefficient (Wildman–Crippen LogP) is 4.38. The van der Waals surface area contributed by atoms with Gasteiger partial charge in [-0.2, -0.15) is 0 Å². The molecule has 0 unspecified atom stereocenters. The van der Waals surface area contributed by atoms with Gasteiger partial charge in [-0.1, -0.05) is 36.4 Å². The van der Waals surface area contributed by atoms with E-state index in [0.717, 1.165) is 5.56 Å². The van der Waals surface area contributed by atoms with Crippen molar-refractivity contribution in [2.45, 2.75) is 13.5 Å². The van der Waals surface area contributed by atoms with Crippen LogP contribution >= 0.6 is 0 Å². The zero-order chi connectivity index (χ0) is 16.9. The molecule has 0 atom stereocenters. The van der Waals surface area contributed by atoms with Crippen molar-refractivity contribution in [1.29, 1.82) is 0 Å². The minimum atomic E-state index is -0.322. The molecule has 2 aromatic carbocycles. The van der Waals surface area contributed by atoms with Crippen LogP contribution in [0.4, 0.5) is 10.2 Å². The maximum Gasteiger partial charge on any atom is 0.260 e. The Morgan fingerprint density at radius 1 is 1.04 bits per heavy atom. The van der Waals surface area contributed by atoms with Gasteiger partial charge in [0.2, 0.25) is 0 Å². The molecule has 3 rings (SSSR count). The normalized spacial score (nSPS) is 10.4. The van der Waals surface area contributed by atoms with Gasteiger partial charge in [0.25, 0.3) is 5.91 Å². The van der Waals surface area contributed by atoms with Gasteiger partial charge in [-0.15, -0.1) is 0 Å². The van der Waals surface area contributed by atoms with Crippen LogP contribution < -0.4 is 4.90 Å². The molecular weight excluding hydrogens is 303 g/mol. The fraction of sp³-hybridized carbons (Fsp3) is 0.100. The number of aryl methyl sites for hydroxylation is 1. The van der Waals surface area contributed by atoms with Crippen molar-refractivity contribution >= 4 is 11.7 Å². The van der Waals surface area contributed by atoms with Gasteiger partial charge in [0.15, 0.2) is 0 Å². The monoisotopic (exact) mass is 320 g/mol. The minimum absolute atomic E-state index is 0.156. The number of carbonyl (C=O) groups excluding carboxylic acids is 1. The maximum absolute atomic E-state index is 13.5. The molecule has 0 bridgehead atoms. The molecule has 1 heterocycles. The molecule has 0 aliphatic rings. The van der Waals surface area contributed by atoms with Gasteiger partial charge in [-0.25, -0.2) is 9.37 Å². The highest BCUT2D eigenvalue weighted by atomic mass is 19.1. The van der Waals surface area contributed by atoms with Crippen LogP contribution in [0, 0.1) is 12.7 Å². The lowest BCUT2D eigenvalue weighted by molar-refractivity contribution is 0.0983. The average Bonchev–Trinajstić information content (AvgIpc) is 2.60. The van der Waals surface area contributed by atoms with Crippen LogP contribution in [0.15, 0.2) is 72.9 Å². The molecule has 4 heteroatoms. The fourth-order valence-corrected chi connectivity index (χ4v) is 2.55. The number of pyridine rings is 1. The first kappa shape index (κ1) is 15.9. The highest BCUT2D eigenvalue weighted by Crippen LogP contribution is 2.20. The summed E-state index contributed by atoms with van der Waals surface area (Å²) < 4.78 is 13.5. The van der Waals surface area contributed by atoms with Crippen LogP contribution in [0.3, 0.4) is 0 Å². The number of nitrogens with zero attached hydrogens (tertiary/aromatic N) is 2. The number of hydrogen-bond donors (Lipinski definition) is 0. The van der Waals surface area contributed by atoms with Crippen molar-refractivity contribution in [2.24, 2.45) is 0 Å². The zero-order valence-electron chi connectivity index (χ0n) is 13.3. The molecule has 0 radical (unpaired) electrons. The topological polar surface area (TPSA) is 33.2 Å². The van der Waals surface area contributed by atoms with Gasteiger partial charge < -0.3 is 0 Å². The Bertz CT molecular complexity index is 849. The second kappa shape index (κ2) is 7.04. The van der Waals surface area contributed by atoms with Crippen molar-refractivity contribution in [3.8, 4) is 0 Å². The fourth-order valence-electron chi connectivity index (χ4n) is 2.55. The summed E-state index contributed by atoms with van der Waals surface area (Å²) in [7, 11) is 0. The van der Waals surface area contributed by atoms with Crippen molar-refractivity contribution in [2.75, 3.05) is 4.90 Å². The largest absolute Gasteiger partial charge is 0.288 e. The first-order chi connectivity index (χ1) is 11.6. The summed E-state index contributed by atoms with van der Waals surface area (Å²) in [4.78, 5) is 18.9. The van der Waals surface area contributed by atoms with E-state index in [0.29, 0.717) is 16.9 Å². The van der Waals surface area contributed by atoms with Gasteiger partial charge >= 0.3 is 0 Å². The van der Waals surface area contributed by atoms with Crippen molar-refractivity contribution in [1.82, 2.24) is 4.98 Å². The van der Waals surface area contributed by atoms with E-state index in [-0.39, 0.29) is 18.3 Å². The zero-order valence-corrected chi connectivity index (χ0v) is 13.3. The van der Waals surface area contributed by atoms with Crippen molar-refractivity contribution in [3.63, 3.8) is 0 Å². The Balaban J connectivity index is 1.99. The molecule has 0 saturated heterocycles. The number of hydrogen-bond acceptors (Lipinski definition) is 2. The minimum Gasteiger partial charge on any atom is -0.288 e. The molecule has 0 aliphatic carbocycles. The summed E-state index contributed by atoms with van der Waals surface area (Å²) in [5.41, 5.74) is 2.21. The molecule has 0 fully saturated rings. The summed E-state index contributed by atoms with van der Waals surface area (Å²) in [5, 5.41) is 0. The molecule has 0 aliphatic heterocycles. The number of aromatic nitrogens is 1. The number of amides is 1. The Morgan fingerprint density at radius 3 is 2.54 bits per heavy atom. The average molecular weight is 320 g/mol. The second-order valence-corrected chi connectivity index (χ2v) is 5.52. The van der Waals surface area contributed by atoms with Gasteiger partial charge in [-0.05, 0) is 48.4 Å². The van der Waals surface area contributed by atoms with E-state index < -0.39 is 0 Å². The van der Waals surface area contributed by atoms with E-state index >= 15 is 0 Å². The Morgan fingerprint density at radius 2 is 1.83 bits per heavy atom. The Hall–Kier alpha value is -3.01. The maximum atomic E-state index is 13.5. The molecule has 1 amide bonds. The molecule has 3 aromatic rings. The number of anilines is 1. The molecular formula is C20H17FN2O. The quantitative estimate of drug-likeness (QED) is 0.715. The van der Waals surface area contributed by atoms with Crippen LogP contribution in [-0.2, 0) is 6.54 Å². The smallest absolute Gasteiger partial charge is 0.260 e. The highest BCUT2D eigenvalue weighted by Gasteiger charge is 2.20. The first-order valence-electron chi connectivity index (χ1n) is 7.68. The van der Waals surface area contributed by atoms with E-state index in [9.17, 15) is 9.18 Å². The highest BCUT2D eigenvalue weighted by molar-refractivity contribution is 6.06. The van der Waals surface area contributed by atoms with Gasteiger partial charge in [0.1, 0.15) is 11.6 Å². The third-order valence-electron chi connectivity index (χ3n) is 3.78. The second-order valence-electron chi connectivity index (χ2n) is 5.52. The molecule has 0 saturated carbocycles. The predicted molar refractivity (Wildman–Crippen MR) is 92.3 cm³/mol. The Labute approximate surface area is 140 Å². The van der Waals surface area contributed by atoms with Crippen LogP contribution in [-0.4, -0.2) is 10.9 Å². The summed E-state index contributed by atoms with van der Waals surface area (Å²) in [6.45, 7) is 2.15. The SMILES string of the molecule is Cc1ccccc1C(=O)N(Cc1cccc(F)c1)c1ccccn1. The van der Waals surface area contributed by atoms with E-state index in [2.05, 4.69) is 4.98 Å². The lowest BCUT2D eigenvalue weighted by Crippen LogP contribution is -2.31. The van der Waals surface area contributed by atoms with E-state index in [4.69, 9.17) is 0 Å². The lowest BCUT2D eigenvalue weighted by Gasteiger charge is -2.23. The standard InChI is InChI=1S/C20H17FN2O/c1-15-7-2-3-10-18(15)20(24)23(19-11-4-5-12-22-19)14-16-8-6-9-17(21)13-16/h2-13H,14H2,1H3. The van der Waals surface area contributed by atoms with Gasteiger partial charge in [0, 0.05) is 11.8 Å².